The van der Waals surface area contributed by atoms with Crippen molar-refractivity contribution in [3.63, 3.8) is 0 Å². The molecule has 18 heavy (non-hydrogen) atoms. The number of carboxylic acids is 1. The Bertz CT molecular complexity index is 578. The summed E-state index contributed by atoms with van der Waals surface area (Å²) < 4.78 is 0. The highest BCUT2D eigenvalue weighted by atomic mass is 16.6. The Morgan fingerprint density at radius 3 is 2.61 bits per heavy atom. The van der Waals surface area contributed by atoms with Crippen molar-refractivity contribution in [3.8, 4) is 11.1 Å². The average molecular weight is 244 g/mol. The van der Waals surface area contributed by atoms with Crippen molar-refractivity contribution in [1.29, 1.82) is 0 Å². The van der Waals surface area contributed by atoms with Crippen molar-refractivity contribution in [2.45, 2.75) is 0 Å². The van der Waals surface area contributed by atoms with Crippen LogP contribution in [-0.4, -0.2) is 21.0 Å². The Labute approximate surface area is 102 Å². The summed E-state index contributed by atoms with van der Waals surface area (Å²) in [5.74, 6) is -1.20. The summed E-state index contributed by atoms with van der Waals surface area (Å²) >= 11 is 0. The first-order valence-corrected chi connectivity index (χ1v) is 5.01. The lowest BCUT2D eigenvalue weighted by molar-refractivity contribution is -0.384. The van der Waals surface area contributed by atoms with Crippen LogP contribution in [0.2, 0.25) is 0 Å². The number of hydrogen-bond donors (Lipinski definition) is 1. The van der Waals surface area contributed by atoms with Crippen LogP contribution in [-0.2, 0) is 0 Å². The number of nitrogens with zero attached hydrogens (tertiary/aromatic N) is 2. The highest BCUT2D eigenvalue weighted by molar-refractivity contribution is 5.90. The molecule has 6 heteroatoms. The van der Waals surface area contributed by atoms with Gasteiger partial charge in [-0.25, -0.2) is 4.79 Å². The van der Waals surface area contributed by atoms with Crippen LogP contribution in [0.25, 0.3) is 11.1 Å². The van der Waals surface area contributed by atoms with E-state index in [-0.39, 0.29) is 11.3 Å². The minimum Gasteiger partial charge on any atom is -0.478 e. The van der Waals surface area contributed by atoms with Gasteiger partial charge in [-0.1, -0.05) is 6.07 Å². The molecule has 0 saturated heterocycles. The number of aromatic nitrogens is 1. The molecule has 0 atom stereocenters. The Hall–Kier alpha value is -2.76. The Morgan fingerprint density at radius 2 is 2.06 bits per heavy atom. The zero-order valence-corrected chi connectivity index (χ0v) is 9.11. The number of pyridine rings is 1. The molecule has 1 N–H and O–H groups in total. The summed E-state index contributed by atoms with van der Waals surface area (Å²) in [4.78, 5) is 25.0. The Balaban J connectivity index is 2.61. The summed E-state index contributed by atoms with van der Waals surface area (Å²) in [6.07, 6.45) is 3.09. The number of nitro groups is 1. The second kappa shape index (κ2) is 4.62. The first-order chi connectivity index (χ1) is 8.58. The number of aromatic carboxylic acids is 1. The fourth-order valence-electron chi connectivity index (χ4n) is 1.54. The van der Waals surface area contributed by atoms with Gasteiger partial charge >= 0.3 is 5.97 Å². The van der Waals surface area contributed by atoms with E-state index in [0.717, 1.165) is 6.07 Å². The van der Waals surface area contributed by atoms with Crippen LogP contribution in [0.3, 0.4) is 0 Å². The van der Waals surface area contributed by atoms with E-state index >= 15 is 0 Å². The van der Waals surface area contributed by atoms with Crippen LogP contribution < -0.4 is 0 Å². The third-order valence-corrected chi connectivity index (χ3v) is 2.37. The summed E-state index contributed by atoms with van der Waals surface area (Å²) in [7, 11) is 0. The molecule has 0 aliphatic rings. The van der Waals surface area contributed by atoms with Gasteiger partial charge in [0.15, 0.2) is 0 Å². The van der Waals surface area contributed by atoms with Crippen LogP contribution in [0.5, 0.6) is 0 Å². The van der Waals surface area contributed by atoms with Crippen molar-refractivity contribution in [3.05, 3.63) is 58.4 Å². The normalized spacial score (nSPS) is 10.0. The van der Waals surface area contributed by atoms with Crippen molar-refractivity contribution in [2.75, 3.05) is 0 Å². The van der Waals surface area contributed by atoms with E-state index in [2.05, 4.69) is 4.98 Å². The minimum atomic E-state index is -1.20. The van der Waals surface area contributed by atoms with Gasteiger partial charge in [0.25, 0.3) is 5.69 Å². The molecule has 6 nitrogen and oxygen atoms in total. The topological polar surface area (TPSA) is 93.3 Å². The molecular weight excluding hydrogens is 236 g/mol. The lowest BCUT2D eigenvalue weighted by atomic mass is 10.0. The third-order valence-electron chi connectivity index (χ3n) is 2.37. The summed E-state index contributed by atoms with van der Waals surface area (Å²) in [5.41, 5.74) is 0.704. The Morgan fingerprint density at radius 1 is 1.28 bits per heavy atom. The van der Waals surface area contributed by atoms with Crippen LogP contribution >= 0.6 is 0 Å². The van der Waals surface area contributed by atoms with Gasteiger partial charge in [0.05, 0.1) is 10.5 Å². The predicted molar refractivity (Wildman–Crippen MR) is 63.3 cm³/mol. The number of hydrogen-bond acceptors (Lipinski definition) is 4. The lowest BCUT2D eigenvalue weighted by Gasteiger charge is -2.03. The van der Waals surface area contributed by atoms with Crippen molar-refractivity contribution < 1.29 is 14.8 Å². The van der Waals surface area contributed by atoms with Gasteiger partial charge in [0.1, 0.15) is 0 Å². The molecule has 0 aliphatic heterocycles. The standard InChI is InChI=1S/C12H8N2O4/c15-12(16)10-4-9(5-11(6-10)14(17)18)8-2-1-3-13-7-8/h1-7H,(H,15,16). The SMILES string of the molecule is O=C(O)c1cc(-c2cccnc2)cc([N+](=O)[O-])c1. The fourth-order valence-corrected chi connectivity index (χ4v) is 1.54. The van der Waals surface area contributed by atoms with Gasteiger partial charge in [0.2, 0.25) is 0 Å². The largest absolute Gasteiger partial charge is 0.478 e. The highest BCUT2D eigenvalue weighted by Crippen LogP contribution is 2.25. The average Bonchev–Trinajstić information content (AvgIpc) is 2.39. The number of carboxylic acid groups (broad SMARTS) is 1. The quantitative estimate of drug-likeness (QED) is 0.660. The van der Waals surface area contributed by atoms with Crippen LogP contribution in [0.15, 0.2) is 42.7 Å². The molecule has 1 heterocycles. The maximum atomic E-state index is 10.9. The third kappa shape index (κ3) is 2.32. The van der Waals surface area contributed by atoms with E-state index in [9.17, 15) is 14.9 Å². The Kier molecular flexibility index (Phi) is 3.01. The first-order valence-electron chi connectivity index (χ1n) is 5.01. The molecule has 90 valence electrons. The molecule has 0 unspecified atom stereocenters. The van der Waals surface area contributed by atoms with Gasteiger partial charge in [-0.2, -0.15) is 0 Å². The summed E-state index contributed by atoms with van der Waals surface area (Å²) in [6, 6.07) is 7.12. The number of carbonyl (C=O) groups is 1. The van der Waals surface area contributed by atoms with Crippen molar-refractivity contribution >= 4 is 11.7 Å². The first kappa shape index (κ1) is 11.7. The fraction of sp³-hybridized carbons (Fsp3) is 0. The van der Waals surface area contributed by atoms with Crippen LogP contribution in [0, 0.1) is 10.1 Å². The van der Waals surface area contributed by atoms with E-state index in [1.165, 1.54) is 18.3 Å². The zero-order chi connectivity index (χ0) is 13.1. The predicted octanol–water partition coefficient (Wildman–Crippen LogP) is 2.36. The molecule has 0 bridgehead atoms. The van der Waals surface area contributed by atoms with Gasteiger partial charge in [0, 0.05) is 30.1 Å². The second-order valence-corrected chi connectivity index (χ2v) is 3.57. The minimum absolute atomic E-state index is 0.122. The van der Waals surface area contributed by atoms with Crippen molar-refractivity contribution in [2.24, 2.45) is 0 Å². The maximum absolute atomic E-state index is 10.9. The lowest BCUT2D eigenvalue weighted by Crippen LogP contribution is -1.99. The van der Waals surface area contributed by atoms with E-state index in [0.29, 0.717) is 11.1 Å². The number of rotatable bonds is 3. The molecule has 0 radical (unpaired) electrons. The van der Waals surface area contributed by atoms with Crippen molar-refractivity contribution in [1.82, 2.24) is 4.98 Å². The van der Waals surface area contributed by atoms with Gasteiger partial charge in [-0.3, -0.25) is 15.1 Å². The molecule has 0 fully saturated rings. The van der Waals surface area contributed by atoms with Crippen LogP contribution in [0.4, 0.5) is 5.69 Å². The molecular formula is C12H8N2O4. The molecule has 1 aromatic carbocycles. The summed E-state index contributed by atoms with van der Waals surface area (Å²) in [5, 5.41) is 19.7. The molecule has 0 spiro atoms. The van der Waals surface area contributed by atoms with E-state index in [4.69, 9.17) is 5.11 Å². The molecule has 2 rings (SSSR count). The van der Waals surface area contributed by atoms with Gasteiger partial charge in [-0.15, -0.1) is 0 Å². The smallest absolute Gasteiger partial charge is 0.335 e. The number of non-ortho nitro benzene ring substituents is 1. The summed E-state index contributed by atoms with van der Waals surface area (Å²) in [6.45, 7) is 0. The molecule has 1 aromatic heterocycles. The van der Waals surface area contributed by atoms with E-state index in [1.807, 2.05) is 0 Å². The molecule has 0 amide bonds. The van der Waals surface area contributed by atoms with Gasteiger partial charge < -0.3 is 5.11 Å². The van der Waals surface area contributed by atoms with Gasteiger partial charge in [-0.05, 0) is 17.7 Å². The maximum Gasteiger partial charge on any atom is 0.335 e. The highest BCUT2D eigenvalue weighted by Gasteiger charge is 2.14. The monoisotopic (exact) mass is 244 g/mol. The number of nitro benzene ring substituents is 1. The number of benzene rings is 1. The molecule has 0 saturated carbocycles. The molecule has 2 aromatic rings. The van der Waals surface area contributed by atoms with E-state index < -0.39 is 10.9 Å². The second-order valence-electron chi connectivity index (χ2n) is 3.57. The molecule has 0 aliphatic carbocycles. The zero-order valence-electron chi connectivity index (χ0n) is 9.11. The van der Waals surface area contributed by atoms with Crippen LogP contribution in [0.1, 0.15) is 10.4 Å². The van der Waals surface area contributed by atoms with E-state index in [1.54, 1.807) is 18.3 Å².